The van der Waals surface area contributed by atoms with Crippen molar-refractivity contribution in [3.63, 3.8) is 0 Å². The minimum absolute atomic E-state index is 0.430. The zero-order chi connectivity index (χ0) is 14.5. The van der Waals surface area contributed by atoms with Gasteiger partial charge in [-0.3, -0.25) is 0 Å². The third-order valence-electron chi connectivity index (χ3n) is 7.92. The number of ether oxygens (including phenoxy) is 1. The summed E-state index contributed by atoms with van der Waals surface area (Å²) >= 11 is 0. The third kappa shape index (κ3) is 1.99. The molecule has 4 rings (SSSR count). The molecule has 0 N–H and O–H groups in total. The Morgan fingerprint density at radius 2 is 2.00 bits per heavy atom. The summed E-state index contributed by atoms with van der Waals surface area (Å²) in [5, 5.41) is 0. The van der Waals surface area contributed by atoms with Crippen molar-refractivity contribution in [2.24, 2.45) is 28.6 Å². The van der Waals surface area contributed by atoms with Gasteiger partial charge in [0.1, 0.15) is 0 Å². The van der Waals surface area contributed by atoms with Gasteiger partial charge < -0.3 is 4.74 Å². The van der Waals surface area contributed by atoms with Crippen LogP contribution >= 0.6 is 0 Å². The van der Waals surface area contributed by atoms with Gasteiger partial charge in [0, 0.05) is 12.5 Å². The number of allylic oxidation sites excluding steroid dienone is 1. The van der Waals surface area contributed by atoms with Gasteiger partial charge in [-0.25, -0.2) is 0 Å². The maximum atomic E-state index is 5.79. The van der Waals surface area contributed by atoms with Gasteiger partial charge >= 0.3 is 0 Å². The maximum Gasteiger partial charge on any atom is 0.0558 e. The van der Waals surface area contributed by atoms with Gasteiger partial charge in [-0.15, -0.1) is 0 Å². The number of hydrogen-bond donors (Lipinski definition) is 0. The second-order valence-electron chi connectivity index (χ2n) is 8.72. The van der Waals surface area contributed by atoms with Crippen molar-refractivity contribution >= 4 is 0 Å². The van der Waals surface area contributed by atoms with E-state index in [0.717, 1.165) is 24.4 Å². The average Bonchev–Trinajstić information content (AvgIpc) is 2.89. The molecule has 0 radical (unpaired) electrons. The lowest BCUT2D eigenvalue weighted by Crippen LogP contribution is -2.51. The highest BCUT2D eigenvalue weighted by Gasteiger charge is 2.56. The van der Waals surface area contributed by atoms with E-state index in [1.165, 1.54) is 64.2 Å². The van der Waals surface area contributed by atoms with E-state index in [0.29, 0.717) is 10.8 Å². The van der Waals surface area contributed by atoms with Gasteiger partial charge in [0.15, 0.2) is 0 Å². The van der Waals surface area contributed by atoms with Crippen LogP contribution in [0.5, 0.6) is 0 Å². The maximum absolute atomic E-state index is 5.79. The van der Waals surface area contributed by atoms with E-state index in [-0.39, 0.29) is 0 Å². The fourth-order valence-electron chi connectivity index (χ4n) is 7.00. The van der Waals surface area contributed by atoms with E-state index in [2.05, 4.69) is 13.0 Å². The molecule has 0 bridgehead atoms. The Bertz CT molecular complexity index is 435. The van der Waals surface area contributed by atoms with Gasteiger partial charge in [0.25, 0.3) is 0 Å². The largest absolute Gasteiger partial charge is 0.384 e. The number of hydrogen-bond acceptors (Lipinski definition) is 1. The molecule has 4 aliphatic rings. The quantitative estimate of drug-likeness (QED) is 0.622. The lowest BCUT2D eigenvalue weighted by Gasteiger charge is -2.57. The molecule has 1 heteroatoms. The fraction of sp³-hybridized carbons (Fsp3) is 0.900. The topological polar surface area (TPSA) is 9.23 Å². The zero-order valence-corrected chi connectivity index (χ0v) is 14.0. The Balaban J connectivity index is 1.71. The molecule has 3 fully saturated rings. The van der Waals surface area contributed by atoms with Gasteiger partial charge in [-0.1, -0.05) is 31.4 Å². The van der Waals surface area contributed by atoms with Crippen molar-refractivity contribution in [3.8, 4) is 0 Å². The van der Waals surface area contributed by atoms with E-state index in [9.17, 15) is 0 Å². The molecular weight excluding hydrogens is 256 g/mol. The summed E-state index contributed by atoms with van der Waals surface area (Å²) in [5.74, 6) is 2.89. The molecule has 0 spiro atoms. The summed E-state index contributed by atoms with van der Waals surface area (Å²) in [6.07, 6.45) is 17.1. The number of fused-ring (bicyclic) bond motifs is 5. The van der Waals surface area contributed by atoms with Crippen molar-refractivity contribution in [1.29, 1.82) is 0 Å². The lowest BCUT2D eigenvalue weighted by atomic mass is 9.48. The van der Waals surface area contributed by atoms with Gasteiger partial charge in [-0.05, 0) is 74.5 Å². The van der Waals surface area contributed by atoms with E-state index < -0.39 is 0 Å². The molecule has 0 aromatic carbocycles. The smallest absolute Gasteiger partial charge is 0.0558 e. The second-order valence-corrected chi connectivity index (χ2v) is 8.72. The minimum Gasteiger partial charge on any atom is -0.384 e. The summed E-state index contributed by atoms with van der Waals surface area (Å²) in [5.41, 5.74) is 2.90. The highest BCUT2D eigenvalue weighted by molar-refractivity contribution is 5.25. The van der Waals surface area contributed by atoms with Crippen molar-refractivity contribution in [2.45, 2.75) is 71.1 Å². The first kappa shape index (κ1) is 14.3. The summed E-state index contributed by atoms with van der Waals surface area (Å²) in [4.78, 5) is 0. The molecule has 4 aliphatic carbocycles. The molecule has 0 aliphatic heterocycles. The van der Waals surface area contributed by atoms with Crippen LogP contribution in [-0.4, -0.2) is 13.7 Å². The summed E-state index contributed by atoms with van der Waals surface area (Å²) in [6.45, 7) is 3.59. The average molecular weight is 288 g/mol. The van der Waals surface area contributed by atoms with E-state index in [1.54, 1.807) is 5.57 Å². The van der Waals surface area contributed by atoms with Crippen LogP contribution in [0.15, 0.2) is 11.6 Å². The van der Waals surface area contributed by atoms with Crippen LogP contribution in [-0.2, 0) is 4.74 Å². The molecular formula is C20H32O. The van der Waals surface area contributed by atoms with Crippen molar-refractivity contribution < 1.29 is 4.74 Å². The van der Waals surface area contributed by atoms with Gasteiger partial charge in [-0.2, -0.15) is 0 Å². The Hall–Kier alpha value is -0.300. The summed E-state index contributed by atoms with van der Waals surface area (Å²) < 4.78 is 5.79. The zero-order valence-electron chi connectivity index (χ0n) is 14.0. The molecule has 3 saturated carbocycles. The van der Waals surface area contributed by atoms with Gasteiger partial charge in [0.05, 0.1) is 6.61 Å². The lowest BCUT2D eigenvalue weighted by molar-refractivity contribution is -0.0619. The normalized spacial score (nSPS) is 49.0. The first-order chi connectivity index (χ1) is 10.2. The van der Waals surface area contributed by atoms with Crippen LogP contribution in [0.25, 0.3) is 0 Å². The van der Waals surface area contributed by atoms with Crippen LogP contribution < -0.4 is 0 Å². The Labute approximate surface area is 130 Å². The molecule has 0 aromatic heterocycles. The highest BCUT2D eigenvalue weighted by Crippen LogP contribution is 2.64. The molecule has 0 aromatic rings. The molecule has 1 nitrogen and oxygen atoms in total. The van der Waals surface area contributed by atoms with Crippen LogP contribution in [0, 0.1) is 28.6 Å². The monoisotopic (exact) mass is 288 g/mol. The van der Waals surface area contributed by atoms with Gasteiger partial charge in [0.2, 0.25) is 0 Å². The SMILES string of the molecule is COC[C@]12CCCCC1=CC[C@@H]1[C@H]2CC[C@]2(C)CCC[C@@H]12. The van der Waals surface area contributed by atoms with Crippen molar-refractivity contribution in [2.75, 3.05) is 13.7 Å². The van der Waals surface area contributed by atoms with E-state index in [4.69, 9.17) is 4.74 Å². The molecule has 118 valence electrons. The summed E-state index contributed by atoms with van der Waals surface area (Å²) in [7, 11) is 1.92. The molecule has 0 amide bonds. The molecule has 0 heterocycles. The highest BCUT2D eigenvalue weighted by atomic mass is 16.5. The van der Waals surface area contributed by atoms with E-state index >= 15 is 0 Å². The second kappa shape index (κ2) is 5.11. The fourth-order valence-corrected chi connectivity index (χ4v) is 7.00. The Kier molecular flexibility index (Phi) is 3.48. The predicted molar refractivity (Wildman–Crippen MR) is 87.1 cm³/mol. The Morgan fingerprint density at radius 1 is 1.10 bits per heavy atom. The predicted octanol–water partition coefficient (Wildman–Crippen LogP) is 5.36. The molecule has 0 saturated heterocycles. The van der Waals surface area contributed by atoms with Crippen LogP contribution in [0.3, 0.4) is 0 Å². The number of rotatable bonds is 2. The van der Waals surface area contributed by atoms with Crippen LogP contribution in [0.1, 0.15) is 71.1 Å². The molecule has 5 atom stereocenters. The standard InChI is InChI=1S/C20H32O/c1-19-11-5-7-17(19)16-9-8-15-6-3-4-12-20(15,14-21-2)18(16)10-13-19/h8,16-18H,3-7,9-14H2,1-2H3/t16-,17-,18+,19-,20+/m0/s1. The molecule has 0 unspecified atom stereocenters. The Morgan fingerprint density at radius 3 is 2.86 bits per heavy atom. The summed E-state index contributed by atoms with van der Waals surface area (Å²) in [6, 6.07) is 0. The van der Waals surface area contributed by atoms with Crippen LogP contribution in [0.2, 0.25) is 0 Å². The first-order valence-electron chi connectivity index (χ1n) is 9.38. The number of methoxy groups -OCH3 is 1. The minimum atomic E-state index is 0.430. The van der Waals surface area contributed by atoms with Crippen molar-refractivity contribution in [1.82, 2.24) is 0 Å². The van der Waals surface area contributed by atoms with Crippen LogP contribution in [0.4, 0.5) is 0 Å². The van der Waals surface area contributed by atoms with E-state index in [1.807, 2.05) is 7.11 Å². The first-order valence-corrected chi connectivity index (χ1v) is 9.38. The third-order valence-corrected chi connectivity index (χ3v) is 7.92. The van der Waals surface area contributed by atoms with Crippen molar-refractivity contribution in [3.05, 3.63) is 11.6 Å². The molecule has 21 heavy (non-hydrogen) atoms.